The third-order valence-corrected chi connectivity index (χ3v) is 3.89. The summed E-state index contributed by atoms with van der Waals surface area (Å²) in [5, 5.41) is 3.68. The van der Waals surface area contributed by atoms with Crippen LogP contribution in [0.3, 0.4) is 0 Å². The number of ether oxygens (including phenoxy) is 1. The third-order valence-electron chi connectivity index (χ3n) is 3.89. The summed E-state index contributed by atoms with van der Waals surface area (Å²) in [5.41, 5.74) is 4.37. The van der Waals surface area contributed by atoms with Gasteiger partial charge in [0.15, 0.2) is 0 Å². The predicted molar refractivity (Wildman–Crippen MR) is 71.2 cm³/mol. The largest absolute Gasteiger partial charge is 0.381 e. The van der Waals surface area contributed by atoms with Gasteiger partial charge < -0.3 is 10.1 Å². The molecule has 17 heavy (non-hydrogen) atoms. The van der Waals surface area contributed by atoms with Crippen molar-refractivity contribution in [2.75, 3.05) is 13.2 Å². The highest BCUT2D eigenvalue weighted by Gasteiger charge is 2.26. The smallest absolute Gasteiger partial charge is 0.0483 e. The van der Waals surface area contributed by atoms with Gasteiger partial charge in [-0.3, -0.25) is 0 Å². The van der Waals surface area contributed by atoms with Crippen molar-refractivity contribution in [1.82, 2.24) is 5.32 Å². The highest BCUT2D eigenvalue weighted by Crippen LogP contribution is 2.20. The number of aryl methyl sites for hydroxylation is 2. The van der Waals surface area contributed by atoms with Gasteiger partial charge in [-0.05, 0) is 50.3 Å². The van der Waals surface area contributed by atoms with E-state index in [2.05, 4.69) is 44.3 Å². The Balaban J connectivity index is 1.94. The van der Waals surface area contributed by atoms with Gasteiger partial charge in [0.2, 0.25) is 0 Å². The van der Waals surface area contributed by atoms with E-state index in [1.54, 1.807) is 0 Å². The zero-order valence-corrected chi connectivity index (χ0v) is 11.2. The van der Waals surface area contributed by atoms with E-state index in [1.165, 1.54) is 16.7 Å². The van der Waals surface area contributed by atoms with Gasteiger partial charge in [0.05, 0.1) is 0 Å². The lowest BCUT2D eigenvalue weighted by molar-refractivity contribution is 0.0446. The topological polar surface area (TPSA) is 21.3 Å². The summed E-state index contributed by atoms with van der Waals surface area (Å²) in [7, 11) is 0. The summed E-state index contributed by atoms with van der Waals surface area (Å²) >= 11 is 0. The lowest BCUT2D eigenvalue weighted by atomic mass is 9.92. The first-order chi connectivity index (χ1) is 8.09. The van der Waals surface area contributed by atoms with Crippen LogP contribution in [0.5, 0.6) is 0 Å². The first-order valence-electron chi connectivity index (χ1n) is 6.48. The molecular weight excluding hydrogens is 210 g/mol. The van der Waals surface area contributed by atoms with E-state index in [4.69, 9.17) is 4.74 Å². The molecule has 1 aliphatic heterocycles. The van der Waals surface area contributed by atoms with Crippen LogP contribution in [0.15, 0.2) is 18.2 Å². The van der Waals surface area contributed by atoms with Crippen molar-refractivity contribution in [3.8, 4) is 0 Å². The van der Waals surface area contributed by atoms with Crippen LogP contribution in [0, 0.1) is 13.8 Å². The van der Waals surface area contributed by atoms with Crippen molar-refractivity contribution in [1.29, 1.82) is 0 Å². The van der Waals surface area contributed by atoms with E-state index in [1.807, 2.05) is 0 Å². The Hall–Kier alpha value is -0.860. The summed E-state index contributed by atoms with van der Waals surface area (Å²) in [6.45, 7) is 9.36. The highest BCUT2D eigenvalue weighted by molar-refractivity contribution is 5.29. The summed E-state index contributed by atoms with van der Waals surface area (Å²) in [4.78, 5) is 0. The van der Waals surface area contributed by atoms with Crippen LogP contribution in [0.4, 0.5) is 0 Å². The molecule has 1 saturated heterocycles. The first-order valence-corrected chi connectivity index (χ1v) is 6.48. The molecule has 0 atom stereocenters. The number of rotatable bonds is 3. The Morgan fingerprint density at radius 1 is 1.18 bits per heavy atom. The van der Waals surface area contributed by atoms with E-state index in [-0.39, 0.29) is 5.54 Å². The molecule has 1 aromatic rings. The second-order valence-electron chi connectivity index (χ2n) is 5.45. The van der Waals surface area contributed by atoms with Gasteiger partial charge in [-0.25, -0.2) is 0 Å². The molecule has 1 aliphatic rings. The van der Waals surface area contributed by atoms with Crippen LogP contribution in [0.1, 0.15) is 36.5 Å². The fourth-order valence-electron chi connectivity index (χ4n) is 2.23. The molecule has 1 fully saturated rings. The van der Waals surface area contributed by atoms with Crippen LogP contribution in [0.25, 0.3) is 0 Å². The van der Waals surface area contributed by atoms with E-state index in [0.29, 0.717) is 0 Å². The van der Waals surface area contributed by atoms with Crippen molar-refractivity contribution in [2.24, 2.45) is 0 Å². The van der Waals surface area contributed by atoms with Gasteiger partial charge in [-0.1, -0.05) is 18.2 Å². The van der Waals surface area contributed by atoms with Crippen molar-refractivity contribution in [3.05, 3.63) is 34.9 Å². The second-order valence-corrected chi connectivity index (χ2v) is 5.45. The average Bonchev–Trinajstić information content (AvgIpc) is 2.32. The maximum Gasteiger partial charge on any atom is 0.0483 e. The molecule has 94 valence electrons. The molecule has 0 aliphatic carbocycles. The van der Waals surface area contributed by atoms with Crippen LogP contribution < -0.4 is 5.32 Å². The quantitative estimate of drug-likeness (QED) is 0.866. The Labute approximate surface area is 104 Å². The Bertz CT molecular complexity index is 381. The third kappa shape index (κ3) is 3.30. The molecule has 1 heterocycles. The van der Waals surface area contributed by atoms with E-state index in [9.17, 15) is 0 Å². The molecule has 0 aromatic heterocycles. The highest BCUT2D eigenvalue weighted by atomic mass is 16.5. The van der Waals surface area contributed by atoms with E-state index in [0.717, 1.165) is 32.6 Å². The Kier molecular flexibility index (Phi) is 3.85. The van der Waals surface area contributed by atoms with Crippen LogP contribution >= 0.6 is 0 Å². The molecule has 1 N–H and O–H groups in total. The molecule has 0 unspecified atom stereocenters. The molecule has 1 aromatic carbocycles. The number of hydrogen-bond acceptors (Lipinski definition) is 2. The fourth-order valence-corrected chi connectivity index (χ4v) is 2.23. The zero-order valence-electron chi connectivity index (χ0n) is 11.2. The lowest BCUT2D eigenvalue weighted by Gasteiger charge is -2.34. The van der Waals surface area contributed by atoms with Crippen molar-refractivity contribution < 1.29 is 4.74 Å². The van der Waals surface area contributed by atoms with Gasteiger partial charge in [-0.15, -0.1) is 0 Å². The minimum atomic E-state index is 0.247. The molecule has 2 rings (SSSR count). The minimum Gasteiger partial charge on any atom is -0.381 e. The summed E-state index contributed by atoms with van der Waals surface area (Å²) in [5.74, 6) is 0. The number of nitrogens with one attached hydrogen (secondary N) is 1. The molecule has 0 amide bonds. The molecule has 0 radical (unpaired) electrons. The molecule has 2 heteroatoms. The van der Waals surface area contributed by atoms with Gasteiger partial charge >= 0.3 is 0 Å². The maximum absolute atomic E-state index is 5.41. The van der Waals surface area contributed by atoms with E-state index < -0.39 is 0 Å². The van der Waals surface area contributed by atoms with Gasteiger partial charge in [0, 0.05) is 25.3 Å². The van der Waals surface area contributed by atoms with Gasteiger partial charge in [0.1, 0.15) is 0 Å². The number of hydrogen-bond donors (Lipinski definition) is 1. The van der Waals surface area contributed by atoms with E-state index >= 15 is 0 Å². The maximum atomic E-state index is 5.41. The van der Waals surface area contributed by atoms with Crippen LogP contribution in [-0.2, 0) is 11.3 Å². The average molecular weight is 233 g/mol. The predicted octanol–water partition coefficient (Wildman–Crippen LogP) is 2.96. The molecule has 0 spiro atoms. The first kappa shape index (κ1) is 12.6. The second kappa shape index (κ2) is 5.19. The van der Waals surface area contributed by atoms with Crippen molar-refractivity contribution >= 4 is 0 Å². The monoisotopic (exact) mass is 233 g/mol. The Morgan fingerprint density at radius 2 is 1.88 bits per heavy atom. The molecule has 2 nitrogen and oxygen atoms in total. The normalized spacial score (nSPS) is 19.2. The standard InChI is InChI=1S/C15H23NO/c1-12-4-5-14(10-13(12)2)11-16-15(3)6-8-17-9-7-15/h4-5,10,16H,6-9,11H2,1-3H3. The summed E-state index contributed by atoms with van der Waals surface area (Å²) in [6.07, 6.45) is 2.22. The van der Waals surface area contributed by atoms with Gasteiger partial charge in [-0.2, -0.15) is 0 Å². The SMILES string of the molecule is Cc1ccc(CNC2(C)CCOCC2)cc1C. The molecule has 0 bridgehead atoms. The molecule has 0 saturated carbocycles. The Morgan fingerprint density at radius 3 is 2.53 bits per heavy atom. The summed E-state index contributed by atoms with van der Waals surface area (Å²) < 4.78 is 5.41. The van der Waals surface area contributed by atoms with Crippen molar-refractivity contribution in [2.45, 2.75) is 45.7 Å². The van der Waals surface area contributed by atoms with Crippen molar-refractivity contribution in [3.63, 3.8) is 0 Å². The zero-order chi connectivity index (χ0) is 12.3. The van der Waals surface area contributed by atoms with Gasteiger partial charge in [0.25, 0.3) is 0 Å². The van der Waals surface area contributed by atoms with Crippen LogP contribution in [-0.4, -0.2) is 18.8 Å². The number of benzene rings is 1. The summed E-state index contributed by atoms with van der Waals surface area (Å²) in [6, 6.07) is 6.71. The fraction of sp³-hybridized carbons (Fsp3) is 0.600. The lowest BCUT2D eigenvalue weighted by Crippen LogP contribution is -2.46. The minimum absolute atomic E-state index is 0.247. The van der Waals surface area contributed by atoms with Crippen LogP contribution in [0.2, 0.25) is 0 Å². The molecular formula is C15H23NO.